The maximum atomic E-state index is 14.6. The molecule has 3 aromatic rings. The van der Waals surface area contributed by atoms with Crippen LogP contribution in [-0.4, -0.2) is 46.1 Å². The van der Waals surface area contributed by atoms with Crippen molar-refractivity contribution in [2.45, 2.75) is 90.8 Å². The molecule has 0 aromatic heterocycles. The number of aromatic hydroxyl groups is 1. The molecule has 0 aliphatic carbocycles. The van der Waals surface area contributed by atoms with Crippen molar-refractivity contribution in [2.24, 2.45) is 0 Å². The summed E-state index contributed by atoms with van der Waals surface area (Å²) in [5, 5.41) is 16.5. The van der Waals surface area contributed by atoms with Crippen LogP contribution < -0.4 is 10.6 Å². The van der Waals surface area contributed by atoms with Crippen LogP contribution in [0.3, 0.4) is 0 Å². The fraction of sp³-hybridized carbons (Fsp3) is 0.417. The Balaban J connectivity index is 2.08. The van der Waals surface area contributed by atoms with E-state index in [2.05, 4.69) is 17.6 Å². The van der Waals surface area contributed by atoms with Crippen molar-refractivity contribution in [3.05, 3.63) is 94.5 Å². The highest BCUT2D eigenvalue weighted by Gasteiger charge is 2.36. The van der Waals surface area contributed by atoms with Crippen LogP contribution >= 0.6 is 11.6 Å². The summed E-state index contributed by atoms with van der Waals surface area (Å²) in [4.78, 5) is 43.4. The standard InChI is InChI=1S/C36H46ClN3O5/c1-6-7-8-9-13-22-40(34(43)30(23-26-17-11-10-12-18-26)38-35(44)45-36(3,4)5)32(27-19-15-20-28(41)24-27)33(42)39-31-25(2)16-14-21-29(31)37/h10-12,14-21,24,30,32,41H,6-9,13,22-23H2,1-5H3,(H,38,44)(H,39,42). The van der Waals surface area contributed by atoms with E-state index in [4.69, 9.17) is 16.3 Å². The lowest BCUT2D eigenvalue weighted by Gasteiger charge is -2.35. The van der Waals surface area contributed by atoms with Crippen molar-refractivity contribution in [2.75, 3.05) is 11.9 Å². The second-order valence-electron chi connectivity index (χ2n) is 12.3. The minimum atomic E-state index is -1.13. The highest BCUT2D eigenvalue weighted by Crippen LogP contribution is 2.31. The van der Waals surface area contributed by atoms with Crippen LogP contribution in [-0.2, 0) is 20.7 Å². The monoisotopic (exact) mass is 635 g/mol. The minimum absolute atomic E-state index is 0.0396. The smallest absolute Gasteiger partial charge is 0.408 e. The summed E-state index contributed by atoms with van der Waals surface area (Å²) in [5.41, 5.74) is 1.68. The lowest BCUT2D eigenvalue weighted by Crippen LogP contribution is -2.53. The van der Waals surface area contributed by atoms with Gasteiger partial charge in [0.25, 0.3) is 5.91 Å². The van der Waals surface area contributed by atoms with Crippen LogP contribution in [0.4, 0.5) is 10.5 Å². The summed E-state index contributed by atoms with van der Waals surface area (Å²) in [7, 11) is 0. The number of benzene rings is 3. The third-order valence-electron chi connectivity index (χ3n) is 7.27. The van der Waals surface area contributed by atoms with Crippen LogP contribution in [0.5, 0.6) is 5.75 Å². The Labute approximate surface area is 272 Å². The van der Waals surface area contributed by atoms with Gasteiger partial charge in [-0.2, -0.15) is 0 Å². The maximum absolute atomic E-state index is 14.6. The van der Waals surface area contributed by atoms with Gasteiger partial charge in [-0.25, -0.2) is 4.79 Å². The largest absolute Gasteiger partial charge is 0.508 e. The van der Waals surface area contributed by atoms with Gasteiger partial charge in [0.15, 0.2) is 0 Å². The van der Waals surface area contributed by atoms with Crippen molar-refractivity contribution in [1.29, 1.82) is 0 Å². The number of amides is 3. The van der Waals surface area contributed by atoms with E-state index < -0.39 is 35.6 Å². The topological polar surface area (TPSA) is 108 Å². The molecule has 0 radical (unpaired) electrons. The Hall–Kier alpha value is -4.04. The van der Waals surface area contributed by atoms with Gasteiger partial charge in [-0.1, -0.05) is 98.8 Å². The average Bonchev–Trinajstić information content (AvgIpc) is 2.97. The maximum Gasteiger partial charge on any atom is 0.408 e. The molecule has 0 saturated carbocycles. The molecule has 8 nitrogen and oxygen atoms in total. The van der Waals surface area contributed by atoms with Gasteiger partial charge in [0, 0.05) is 13.0 Å². The Morgan fingerprint density at radius 1 is 0.933 bits per heavy atom. The first kappa shape index (κ1) is 35.4. The van der Waals surface area contributed by atoms with Crippen molar-refractivity contribution < 1.29 is 24.2 Å². The number of carbonyl (C=O) groups is 3. The Morgan fingerprint density at radius 3 is 2.27 bits per heavy atom. The lowest BCUT2D eigenvalue weighted by atomic mass is 9.99. The molecule has 0 heterocycles. The summed E-state index contributed by atoms with van der Waals surface area (Å²) < 4.78 is 5.53. The molecule has 3 aromatic carbocycles. The van der Waals surface area contributed by atoms with Gasteiger partial charge in [-0.05, 0) is 69.0 Å². The number of hydrogen-bond donors (Lipinski definition) is 3. The van der Waals surface area contributed by atoms with Gasteiger partial charge in [0.2, 0.25) is 5.91 Å². The molecular formula is C36H46ClN3O5. The number of hydrogen-bond acceptors (Lipinski definition) is 5. The summed E-state index contributed by atoms with van der Waals surface area (Å²) >= 11 is 6.48. The molecule has 0 spiro atoms. The summed E-state index contributed by atoms with van der Waals surface area (Å²) in [6, 6.07) is 18.8. The molecule has 0 saturated heterocycles. The van der Waals surface area contributed by atoms with Crippen molar-refractivity contribution in [3.8, 4) is 5.75 Å². The van der Waals surface area contributed by atoms with Gasteiger partial charge in [-0.3, -0.25) is 9.59 Å². The highest BCUT2D eigenvalue weighted by atomic mass is 35.5. The van der Waals surface area contributed by atoms with Crippen molar-refractivity contribution in [3.63, 3.8) is 0 Å². The zero-order chi connectivity index (χ0) is 33.0. The fourth-order valence-electron chi connectivity index (χ4n) is 5.10. The number of alkyl carbamates (subject to hydrolysis) is 1. The van der Waals surface area contributed by atoms with E-state index in [0.717, 1.165) is 36.8 Å². The molecule has 3 amide bonds. The first-order chi connectivity index (χ1) is 21.4. The number of ether oxygens (including phenoxy) is 1. The van der Waals surface area contributed by atoms with E-state index >= 15 is 0 Å². The molecule has 3 N–H and O–H groups in total. The van der Waals surface area contributed by atoms with E-state index in [1.165, 1.54) is 17.0 Å². The molecule has 0 fully saturated rings. The number of halogens is 1. The molecule has 2 unspecified atom stereocenters. The number of para-hydroxylation sites is 1. The van der Waals surface area contributed by atoms with Crippen LogP contribution in [0.15, 0.2) is 72.8 Å². The number of anilines is 1. The number of phenols is 1. The quantitative estimate of drug-likeness (QED) is 0.156. The van der Waals surface area contributed by atoms with Crippen molar-refractivity contribution in [1.82, 2.24) is 10.2 Å². The van der Waals surface area contributed by atoms with E-state index in [1.807, 2.05) is 43.3 Å². The number of phenolic OH excluding ortho intramolecular Hbond substituents is 1. The van der Waals surface area contributed by atoms with Crippen molar-refractivity contribution >= 4 is 35.2 Å². The molecule has 242 valence electrons. The second kappa shape index (κ2) is 16.9. The Morgan fingerprint density at radius 2 is 1.62 bits per heavy atom. The summed E-state index contributed by atoms with van der Waals surface area (Å²) in [6.45, 7) is 9.47. The van der Waals surface area contributed by atoms with Crippen LogP contribution in [0.1, 0.15) is 82.5 Å². The van der Waals surface area contributed by atoms with E-state index in [-0.39, 0.29) is 18.7 Å². The van der Waals surface area contributed by atoms with Gasteiger partial charge >= 0.3 is 6.09 Å². The molecule has 0 aliphatic heterocycles. The fourth-order valence-corrected chi connectivity index (χ4v) is 5.37. The SMILES string of the molecule is CCCCCCCN(C(=O)C(Cc1ccccc1)NC(=O)OC(C)(C)C)C(C(=O)Nc1c(C)cccc1Cl)c1cccc(O)c1. The van der Waals surface area contributed by atoms with E-state index in [0.29, 0.717) is 22.7 Å². The number of aryl methyl sites for hydroxylation is 1. The zero-order valence-corrected chi connectivity index (χ0v) is 27.7. The third-order valence-corrected chi connectivity index (χ3v) is 7.59. The van der Waals surface area contributed by atoms with Gasteiger partial charge in [0.05, 0.1) is 10.7 Å². The lowest BCUT2D eigenvalue weighted by molar-refractivity contribution is -0.140. The predicted octanol–water partition coefficient (Wildman–Crippen LogP) is 7.97. The average molecular weight is 636 g/mol. The molecule has 0 aliphatic rings. The zero-order valence-electron chi connectivity index (χ0n) is 26.9. The molecule has 45 heavy (non-hydrogen) atoms. The van der Waals surface area contributed by atoms with Gasteiger partial charge in [-0.15, -0.1) is 0 Å². The highest BCUT2D eigenvalue weighted by molar-refractivity contribution is 6.34. The first-order valence-corrected chi connectivity index (χ1v) is 16.0. The number of rotatable bonds is 14. The molecule has 3 rings (SSSR count). The molecular weight excluding hydrogens is 590 g/mol. The number of unbranched alkanes of at least 4 members (excludes halogenated alkanes) is 4. The normalized spacial score (nSPS) is 12.6. The first-order valence-electron chi connectivity index (χ1n) is 15.6. The Bertz CT molecular complexity index is 1400. The van der Waals surface area contributed by atoms with Gasteiger partial charge in [0.1, 0.15) is 23.4 Å². The number of nitrogens with zero attached hydrogens (tertiary/aromatic N) is 1. The summed E-state index contributed by atoms with van der Waals surface area (Å²) in [6.07, 6.45) is 4.07. The molecule has 9 heteroatoms. The minimum Gasteiger partial charge on any atom is -0.508 e. The third kappa shape index (κ3) is 11.1. The van der Waals surface area contributed by atoms with E-state index in [1.54, 1.807) is 45.0 Å². The summed E-state index contributed by atoms with van der Waals surface area (Å²) in [5.74, 6) is -0.976. The molecule has 2 atom stereocenters. The molecule has 0 bridgehead atoms. The second-order valence-corrected chi connectivity index (χ2v) is 12.7. The van der Waals surface area contributed by atoms with E-state index in [9.17, 15) is 19.5 Å². The Kier molecular flexibility index (Phi) is 13.3. The number of carbonyl (C=O) groups excluding carboxylic acids is 3. The number of nitrogens with one attached hydrogen (secondary N) is 2. The predicted molar refractivity (Wildman–Crippen MR) is 179 cm³/mol. The van der Waals surface area contributed by atoms with Crippen LogP contribution in [0, 0.1) is 6.92 Å². The van der Waals surface area contributed by atoms with Gasteiger partial charge < -0.3 is 25.4 Å². The van der Waals surface area contributed by atoms with Crippen LogP contribution in [0.25, 0.3) is 0 Å². The van der Waals surface area contributed by atoms with Crippen LogP contribution in [0.2, 0.25) is 5.02 Å².